The Morgan fingerprint density at radius 1 is 1.23 bits per heavy atom. The molecule has 7 heteroatoms. The molecule has 0 bridgehead atoms. The molecule has 2 aromatic rings. The summed E-state index contributed by atoms with van der Waals surface area (Å²) in [7, 11) is 0. The normalized spacial score (nSPS) is 10.6. The lowest BCUT2D eigenvalue weighted by atomic mass is 10.1. The van der Waals surface area contributed by atoms with Crippen molar-refractivity contribution in [3.63, 3.8) is 0 Å². The first-order valence-electron chi connectivity index (χ1n) is 6.82. The molecule has 0 saturated carbocycles. The first-order valence-corrected chi connectivity index (χ1v) is 7.61. The molecule has 0 unspecified atom stereocenters. The molecule has 0 aliphatic heterocycles. The van der Waals surface area contributed by atoms with Crippen molar-refractivity contribution in [1.82, 2.24) is 0 Å². The van der Waals surface area contributed by atoms with E-state index in [4.69, 9.17) is 5.11 Å². The number of rotatable bonds is 7. The molecule has 0 fully saturated rings. The zero-order chi connectivity index (χ0) is 16.1. The molecule has 0 atom stereocenters. The van der Waals surface area contributed by atoms with Crippen LogP contribution in [0.5, 0.6) is 0 Å². The monoisotopic (exact) mass is 366 g/mol. The van der Waals surface area contributed by atoms with Crippen LogP contribution in [0.3, 0.4) is 0 Å². The molecule has 0 spiro atoms. The second-order valence-corrected chi connectivity index (χ2v) is 5.68. The third kappa shape index (κ3) is 3.73. The largest absolute Gasteiger partial charge is 0.481 e. The summed E-state index contributed by atoms with van der Waals surface area (Å²) in [6, 6.07) is 8.73. The number of hydrogen-bond acceptors (Lipinski definition) is 4. The van der Waals surface area contributed by atoms with Gasteiger partial charge in [0.15, 0.2) is 0 Å². The van der Waals surface area contributed by atoms with Gasteiger partial charge in [0.05, 0.1) is 4.92 Å². The van der Waals surface area contributed by atoms with Crippen LogP contribution in [0.1, 0.15) is 19.3 Å². The van der Waals surface area contributed by atoms with Gasteiger partial charge in [-0.25, -0.2) is 0 Å². The van der Waals surface area contributed by atoms with Crippen LogP contribution in [0.2, 0.25) is 0 Å². The van der Waals surface area contributed by atoms with Crippen LogP contribution in [-0.4, -0.2) is 22.5 Å². The van der Waals surface area contributed by atoms with Crippen molar-refractivity contribution in [2.75, 3.05) is 11.9 Å². The minimum atomic E-state index is -0.833. The third-order valence-electron chi connectivity index (χ3n) is 3.30. The SMILES string of the molecule is O=C(O)CCCCNc1c([N+](=O)[O-])ccc2c(Br)cccc12. The number of nitrogens with one attached hydrogen (secondary N) is 1. The summed E-state index contributed by atoms with van der Waals surface area (Å²) in [4.78, 5) is 21.3. The molecule has 0 aliphatic rings. The van der Waals surface area contributed by atoms with E-state index in [0.29, 0.717) is 25.1 Å². The Morgan fingerprint density at radius 2 is 2.00 bits per heavy atom. The van der Waals surface area contributed by atoms with E-state index in [1.165, 1.54) is 6.07 Å². The van der Waals surface area contributed by atoms with Crippen LogP contribution in [0.4, 0.5) is 11.4 Å². The lowest BCUT2D eigenvalue weighted by Crippen LogP contribution is -2.06. The summed E-state index contributed by atoms with van der Waals surface area (Å²) in [6.45, 7) is 0.486. The lowest BCUT2D eigenvalue weighted by molar-refractivity contribution is -0.383. The number of anilines is 1. The summed E-state index contributed by atoms with van der Waals surface area (Å²) >= 11 is 3.44. The van der Waals surface area contributed by atoms with E-state index in [2.05, 4.69) is 21.2 Å². The van der Waals surface area contributed by atoms with Gasteiger partial charge >= 0.3 is 5.97 Å². The van der Waals surface area contributed by atoms with Crippen LogP contribution in [-0.2, 0) is 4.79 Å². The number of nitrogens with zero attached hydrogens (tertiary/aromatic N) is 1. The number of carbonyl (C=O) groups is 1. The van der Waals surface area contributed by atoms with Crippen LogP contribution >= 0.6 is 15.9 Å². The molecule has 0 aromatic heterocycles. The number of aliphatic carboxylic acids is 1. The van der Waals surface area contributed by atoms with Gasteiger partial charge in [-0.15, -0.1) is 0 Å². The number of nitro groups is 1. The van der Waals surface area contributed by atoms with Gasteiger partial charge in [-0.05, 0) is 30.4 Å². The first-order chi connectivity index (χ1) is 10.5. The number of carboxylic acid groups (broad SMARTS) is 1. The van der Waals surface area contributed by atoms with Gasteiger partial charge in [-0.2, -0.15) is 0 Å². The van der Waals surface area contributed by atoms with E-state index in [0.717, 1.165) is 15.2 Å². The van der Waals surface area contributed by atoms with Crippen LogP contribution in [0.25, 0.3) is 10.8 Å². The second kappa shape index (κ2) is 7.22. The number of nitro benzene ring substituents is 1. The molecule has 2 rings (SSSR count). The standard InChI is InChI=1S/C15H15BrN2O4/c16-12-5-3-4-11-10(12)7-8-13(18(21)22)15(11)17-9-2-1-6-14(19)20/h3-5,7-8,17H,1-2,6,9H2,(H,19,20). The van der Waals surface area contributed by atoms with E-state index in [-0.39, 0.29) is 12.1 Å². The molecule has 22 heavy (non-hydrogen) atoms. The highest BCUT2D eigenvalue weighted by Crippen LogP contribution is 2.36. The minimum absolute atomic E-state index is 0.0174. The molecule has 0 amide bonds. The maximum absolute atomic E-state index is 11.2. The van der Waals surface area contributed by atoms with Gasteiger partial charge < -0.3 is 10.4 Å². The Balaban J connectivity index is 2.25. The van der Waals surface area contributed by atoms with Gasteiger partial charge in [0.2, 0.25) is 0 Å². The zero-order valence-corrected chi connectivity index (χ0v) is 13.3. The molecule has 2 aromatic carbocycles. The maximum Gasteiger partial charge on any atom is 0.303 e. The molecule has 0 heterocycles. The maximum atomic E-state index is 11.2. The van der Waals surface area contributed by atoms with Crippen molar-refractivity contribution in [3.05, 3.63) is 44.9 Å². The van der Waals surface area contributed by atoms with E-state index >= 15 is 0 Å². The fourth-order valence-electron chi connectivity index (χ4n) is 2.26. The topological polar surface area (TPSA) is 92.5 Å². The summed E-state index contributed by atoms with van der Waals surface area (Å²) in [5.74, 6) is -0.833. The first kappa shape index (κ1) is 16.2. The Kier molecular flexibility index (Phi) is 5.32. The van der Waals surface area contributed by atoms with Crippen LogP contribution in [0, 0.1) is 10.1 Å². The summed E-state index contributed by atoms with van der Waals surface area (Å²) in [6.07, 6.45) is 1.27. The number of carboxylic acids is 1. The summed E-state index contributed by atoms with van der Waals surface area (Å²) in [5, 5.41) is 24.5. The van der Waals surface area contributed by atoms with Crippen molar-refractivity contribution < 1.29 is 14.8 Å². The Hall–Kier alpha value is -2.15. The number of fused-ring (bicyclic) bond motifs is 1. The van der Waals surface area contributed by atoms with Crippen LogP contribution < -0.4 is 5.32 Å². The summed E-state index contributed by atoms with van der Waals surface area (Å²) in [5.41, 5.74) is 0.489. The number of hydrogen-bond donors (Lipinski definition) is 2. The predicted octanol–water partition coefficient (Wildman–Crippen LogP) is 4.18. The smallest absolute Gasteiger partial charge is 0.303 e. The third-order valence-corrected chi connectivity index (χ3v) is 3.99. The zero-order valence-electron chi connectivity index (χ0n) is 11.7. The molecule has 0 aliphatic carbocycles. The fourth-order valence-corrected chi connectivity index (χ4v) is 2.76. The fraction of sp³-hybridized carbons (Fsp3) is 0.267. The second-order valence-electron chi connectivity index (χ2n) is 4.83. The van der Waals surface area contributed by atoms with Gasteiger partial charge in [0.25, 0.3) is 5.69 Å². The van der Waals surface area contributed by atoms with Gasteiger partial charge in [-0.1, -0.05) is 28.1 Å². The van der Waals surface area contributed by atoms with E-state index in [1.807, 2.05) is 18.2 Å². The van der Waals surface area contributed by atoms with Crippen molar-refractivity contribution in [3.8, 4) is 0 Å². The number of benzene rings is 2. The van der Waals surface area contributed by atoms with E-state index in [1.54, 1.807) is 6.07 Å². The van der Waals surface area contributed by atoms with Gasteiger partial charge in [0.1, 0.15) is 5.69 Å². The highest BCUT2D eigenvalue weighted by Gasteiger charge is 2.17. The molecular weight excluding hydrogens is 352 g/mol. The molecule has 0 radical (unpaired) electrons. The van der Waals surface area contributed by atoms with Crippen molar-refractivity contribution >= 4 is 44.0 Å². The van der Waals surface area contributed by atoms with Crippen molar-refractivity contribution in [1.29, 1.82) is 0 Å². The summed E-state index contributed by atoms with van der Waals surface area (Å²) < 4.78 is 0.869. The van der Waals surface area contributed by atoms with Crippen molar-refractivity contribution in [2.24, 2.45) is 0 Å². The van der Waals surface area contributed by atoms with Crippen molar-refractivity contribution in [2.45, 2.75) is 19.3 Å². The van der Waals surface area contributed by atoms with Gasteiger partial charge in [-0.3, -0.25) is 14.9 Å². The number of unbranched alkanes of at least 4 members (excludes halogenated alkanes) is 1. The van der Waals surface area contributed by atoms with E-state index < -0.39 is 10.9 Å². The van der Waals surface area contributed by atoms with Crippen LogP contribution in [0.15, 0.2) is 34.8 Å². The average molecular weight is 367 g/mol. The molecule has 0 saturated heterocycles. The quantitative estimate of drug-likeness (QED) is 0.435. The lowest BCUT2D eigenvalue weighted by Gasteiger charge is -2.11. The molecule has 6 nitrogen and oxygen atoms in total. The Morgan fingerprint density at radius 3 is 2.68 bits per heavy atom. The molecule has 116 valence electrons. The Labute approximate surface area is 135 Å². The number of halogens is 1. The molecule has 2 N–H and O–H groups in total. The molecular formula is C15H15BrN2O4. The minimum Gasteiger partial charge on any atom is -0.481 e. The van der Waals surface area contributed by atoms with Gasteiger partial charge in [0, 0.05) is 28.9 Å². The highest BCUT2D eigenvalue weighted by atomic mass is 79.9. The average Bonchev–Trinajstić information content (AvgIpc) is 2.46. The highest BCUT2D eigenvalue weighted by molar-refractivity contribution is 9.10. The van der Waals surface area contributed by atoms with E-state index in [9.17, 15) is 14.9 Å². The Bertz CT molecular complexity index is 718. The predicted molar refractivity (Wildman–Crippen MR) is 88.3 cm³/mol.